The van der Waals surface area contributed by atoms with Crippen molar-refractivity contribution in [3.8, 4) is 0 Å². The molecule has 2 rings (SSSR count). The highest BCUT2D eigenvalue weighted by Crippen LogP contribution is 2.28. The van der Waals surface area contributed by atoms with Crippen LogP contribution in [0.2, 0.25) is 0 Å². The van der Waals surface area contributed by atoms with Gasteiger partial charge in [-0.25, -0.2) is 0 Å². The Bertz CT molecular complexity index is 247. The van der Waals surface area contributed by atoms with Crippen LogP contribution < -0.4 is 5.32 Å². The second kappa shape index (κ2) is 6.88. The summed E-state index contributed by atoms with van der Waals surface area (Å²) in [4.78, 5) is 2.79. The molecule has 2 fully saturated rings. The minimum atomic E-state index is 0.496. The molecule has 1 aliphatic carbocycles. The van der Waals surface area contributed by atoms with Crippen molar-refractivity contribution < 1.29 is 4.74 Å². The zero-order chi connectivity index (χ0) is 13.0. The summed E-state index contributed by atoms with van der Waals surface area (Å²) >= 11 is 0. The molecular formula is C15H30N2O. The third-order valence-corrected chi connectivity index (χ3v) is 4.68. The van der Waals surface area contributed by atoms with E-state index in [2.05, 4.69) is 24.1 Å². The Balaban J connectivity index is 1.97. The Morgan fingerprint density at radius 1 is 1.33 bits per heavy atom. The third kappa shape index (κ3) is 3.46. The molecule has 0 bridgehead atoms. The molecule has 1 saturated heterocycles. The minimum absolute atomic E-state index is 0.496. The normalized spacial score (nSPS) is 38.8. The molecule has 0 aromatic rings. The van der Waals surface area contributed by atoms with Crippen molar-refractivity contribution in [1.82, 2.24) is 10.2 Å². The van der Waals surface area contributed by atoms with Crippen molar-refractivity contribution >= 4 is 0 Å². The van der Waals surface area contributed by atoms with Gasteiger partial charge in [0, 0.05) is 38.3 Å². The summed E-state index contributed by atoms with van der Waals surface area (Å²) in [5, 5.41) is 3.64. The Morgan fingerprint density at radius 2 is 2.17 bits per heavy atom. The van der Waals surface area contributed by atoms with Gasteiger partial charge in [0.15, 0.2) is 0 Å². The summed E-state index contributed by atoms with van der Waals surface area (Å²) in [6.07, 6.45) is 8.31. The monoisotopic (exact) mass is 254 g/mol. The van der Waals surface area contributed by atoms with Crippen LogP contribution in [0, 0.1) is 0 Å². The van der Waals surface area contributed by atoms with Gasteiger partial charge in [-0.1, -0.05) is 13.3 Å². The molecule has 4 atom stereocenters. The van der Waals surface area contributed by atoms with Gasteiger partial charge in [-0.2, -0.15) is 0 Å². The number of rotatable bonds is 4. The van der Waals surface area contributed by atoms with E-state index in [1.165, 1.54) is 51.6 Å². The first-order chi connectivity index (χ1) is 8.74. The maximum Gasteiger partial charge on any atom is 0.0586 e. The average Bonchev–Trinajstić information content (AvgIpc) is 2.41. The number of hydrogen-bond donors (Lipinski definition) is 1. The summed E-state index contributed by atoms with van der Waals surface area (Å²) in [6.45, 7) is 7.00. The molecule has 2 aliphatic rings. The smallest absolute Gasteiger partial charge is 0.0586 e. The van der Waals surface area contributed by atoms with Crippen LogP contribution in [-0.4, -0.2) is 49.3 Å². The fourth-order valence-corrected chi connectivity index (χ4v) is 3.67. The first-order valence-corrected chi connectivity index (χ1v) is 7.76. The van der Waals surface area contributed by atoms with Gasteiger partial charge in [0.1, 0.15) is 0 Å². The van der Waals surface area contributed by atoms with Gasteiger partial charge in [-0.15, -0.1) is 0 Å². The minimum Gasteiger partial charge on any atom is -0.381 e. The van der Waals surface area contributed by atoms with Gasteiger partial charge in [0.2, 0.25) is 0 Å². The van der Waals surface area contributed by atoms with Crippen molar-refractivity contribution in [2.75, 3.05) is 20.2 Å². The molecular weight excluding hydrogens is 224 g/mol. The van der Waals surface area contributed by atoms with E-state index < -0.39 is 0 Å². The molecule has 0 spiro atoms. The zero-order valence-electron chi connectivity index (χ0n) is 12.3. The quantitative estimate of drug-likeness (QED) is 0.834. The topological polar surface area (TPSA) is 24.5 Å². The molecule has 0 radical (unpaired) electrons. The van der Waals surface area contributed by atoms with E-state index in [1.54, 1.807) is 0 Å². The Hall–Kier alpha value is -0.120. The summed E-state index contributed by atoms with van der Waals surface area (Å²) < 4.78 is 5.59. The standard InChI is InChI=1S/C15H30N2O/c1-4-6-14-10-16-12(2)11-17(14)13-7-5-8-15(9-13)18-3/h12-16H,4-11H2,1-3H3. The molecule has 0 aromatic heterocycles. The molecule has 1 N–H and O–H groups in total. The first-order valence-electron chi connectivity index (χ1n) is 7.76. The first kappa shape index (κ1) is 14.3. The van der Waals surface area contributed by atoms with Gasteiger partial charge < -0.3 is 10.1 Å². The van der Waals surface area contributed by atoms with Gasteiger partial charge in [0.05, 0.1) is 6.10 Å². The van der Waals surface area contributed by atoms with Crippen LogP contribution in [0.3, 0.4) is 0 Å². The molecule has 1 heterocycles. The highest BCUT2D eigenvalue weighted by molar-refractivity contribution is 4.91. The molecule has 106 valence electrons. The molecule has 4 unspecified atom stereocenters. The van der Waals surface area contributed by atoms with Crippen molar-refractivity contribution in [2.45, 2.75) is 76.6 Å². The van der Waals surface area contributed by atoms with Gasteiger partial charge in [-0.05, 0) is 39.0 Å². The lowest BCUT2D eigenvalue weighted by Crippen LogP contribution is -2.59. The summed E-state index contributed by atoms with van der Waals surface area (Å²) in [7, 11) is 1.87. The van der Waals surface area contributed by atoms with Crippen LogP contribution in [0.25, 0.3) is 0 Å². The van der Waals surface area contributed by atoms with Crippen molar-refractivity contribution in [3.63, 3.8) is 0 Å². The predicted molar refractivity (Wildman–Crippen MR) is 75.9 cm³/mol. The highest BCUT2D eigenvalue weighted by Gasteiger charge is 2.33. The second-order valence-corrected chi connectivity index (χ2v) is 6.13. The van der Waals surface area contributed by atoms with E-state index in [4.69, 9.17) is 4.74 Å². The van der Waals surface area contributed by atoms with Crippen LogP contribution in [0.5, 0.6) is 0 Å². The second-order valence-electron chi connectivity index (χ2n) is 6.13. The Morgan fingerprint density at radius 3 is 2.89 bits per heavy atom. The number of methoxy groups -OCH3 is 1. The molecule has 0 amide bonds. The van der Waals surface area contributed by atoms with Gasteiger partial charge in [-0.3, -0.25) is 4.90 Å². The summed E-state index contributed by atoms with van der Waals surface area (Å²) in [6, 6.07) is 2.14. The lowest BCUT2D eigenvalue weighted by molar-refractivity contribution is -0.000424. The average molecular weight is 254 g/mol. The number of hydrogen-bond acceptors (Lipinski definition) is 3. The SMILES string of the molecule is CCCC1CNC(C)CN1C1CCCC(OC)C1. The number of piperazine rings is 1. The third-order valence-electron chi connectivity index (χ3n) is 4.68. The summed E-state index contributed by atoms with van der Waals surface area (Å²) in [5.74, 6) is 0. The van der Waals surface area contributed by atoms with E-state index in [9.17, 15) is 0 Å². The van der Waals surface area contributed by atoms with E-state index >= 15 is 0 Å². The lowest BCUT2D eigenvalue weighted by Gasteiger charge is -2.46. The fraction of sp³-hybridized carbons (Fsp3) is 1.00. The molecule has 1 saturated carbocycles. The van der Waals surface area contributed by atoms with Crippen molar-refractivity contribution in [1.29, 1.82) is 0 Å². The van der Waals surface area contributed by atoms with E-state index in [0.717, 1.165) is 12.1 Å². The van der Waals surface area contributed by atoms with Crippen LogP contribution in [0.1, 0.15) is 52.4 Å². The van der Waals surface area contributed by atoms with E-state index in [1.807, 2.05) is 7.11 Å². The number of nitrogens with one attached hydrogen (secondary N) is 1. The zero-order valence-corrected chi connectivity index (χ0v) is 12.3. The highest BCUT2D eigenvalue weighted by atomic mass is 16.5. The van der Waals surface area contributed by atoms with Crippen LogP contribution in [-0.2, 0) is 4.74 Å². The summed E-state index contributed by atoms with van der Waals surface area (Å²) in [5.41, 5.74) is 0. The predicted octanol–water partition coefficient (Wildman–Crippen LogP) is 2.41. The molecule has 18 heavy (non-hydrogen) atoms. The number of ether oxygens (including phenoxy) is 1. The van der Waals surface area contributed by atoms with E-state index in [-0.39, 0.29) is 0 Å². The van der Waals surface area contributed by atoms with Gasteiger partial charge in [0.25, 0.3) is 0 Å². The maximum atomic E-state index is 5.59. The van der Waals surface area contributed by atoms with Crippen LogP contribution >= 0.6 is 0 Å². The van der Waals surface area contributed by atoms with Gasteiger partial charge >= 0.3 is 0 Å². The van der Waals surface area contributed by atoms with Crippen molar-refractivity contribution in [3.05, 3.63) is 0 Å². The number of nitrogens with zero attached hydrogens (tertiary/aromatic N) is 1. The Labute approximate surface area is 112 Å². The van der Waals surface area contributed by atoms with Crippen LogP contribution in [0.4, 0.5) is 0 Å². The maximum absolute atomic E-state index is 5.59. The molecule has 3 nitrogen and oxygen atoms in total. The van der Waals surface area contributed by atoms with E-state index in [0.29, 0.717) is 12.1 Å². The molecule has 3 heteroatoms. The lowest BCUT2D eigenvalue weighted by atomic mass is 9.89. The largest absolute Gasteiger partial charge is 0.381 e. The fourth-order valence-electron chi connectivity index (χ4n) is 3.67. The molecule has 1 aliphatic heterocycles. The van der Waals surface area contributed by atoms with Crippen LogP contribution in [0.15, 0.2) is 0 Å². The molecule has 0 aromatic carbocycles. The van der Waals surface area contributed by atoms with Crippen molar-refractivity contribution in [2.24, 2.45) is 0 Å². The Kier molecular flexibility index (Phi) is 5.46.